The van der Waals surface area contributed by atoms with Crippen LogP contribution in [0.25, 0.3) is 0 Å². The van der Waals surface area contributed by atoms with Crippen molar-refractivity contribution < 1.29 is 4.79 Å². The van der Waals surface area contributed by atoms with Crippen molar-refractivity contribution in [3.05, 3.63) is 78.1 Å². The number of hydrogen-bond acceptors (Lipinski definition) is 8. The van der Waals surface area contributed by atoms with E-state index in [9.17, 15) is 4.79 Å². The Labute approximate surface area is 170 Å². The molecule has 0 aliphatic carbocycles. The number of hydrogen-bond donors (Lipinski definition) is 4. The Morgan fingerprint density at radius 2 is 1.62 bits per heavy atom. The summed E-state index contributed by atoms with van der Waals surface area (Å²) in [7, 11) is 0. The third kappa shape index (κ3) is 4.66. The van der Waals surface area contributed by atoms with Gasteiger partial charge in [-0.3, -0.25) is 4.79 Å². The number of benzene rings is 2. The van der Waals surface area contributed by atoms with Crippen LogP contribution in [0.4, 0.5) is 33.8 Å². The quantitative estimate of drug-likeness (QED) is 0.355. The van der Waals surface area contributed by atoms with Crippen molar-refractivity contribution in [2.24, 2.45) is 0 Å². The summed E-state index contributed by atoms with van der Waals surface area (Å²) in [5.41, 5.74) is 7.85. The summed E-state index contributed by atoms with van der Waals surface area (Å²) < 4.78 is 0. The smallest absolute Gasteiger partial charge is 0.267 e. The van der Waals surface area contributed by atoms with E-state index in [-0.39, 0.29) is 5.91 Å². The highest BCUT2D eigenvalue weighted by Gasteiger charge is 2.12. The van der Waals surface area contributed by atoms with Crippen molar-refractivity contribution in [3.63, 3.8) is 0 Å². The monoisotopic (exact) mass is 403 g/mol. The van der Waals surface area contributed by atoms with Gasteiger partial charge in [0, 0.05) is 11.8 Å². The van der Waals surface area contributed by atoms with E-state index in [0.29, 0.717) is 33.0 Å². The van der Waals surface area contributed by atoms with E-state index in [2.05, 4.69) is 30.9 Å². The minimum atomic E-state index is -0.275. The minimum Gasteiger partial charge on any atom is -0.397 e. The first kappa shape index (κ1) is 18.4. The van der Waals surface area contributed by atoms with E-state index in [0.717, 1.165) is 5.69 Å². The van der Waals surface area contributed by atoms with Gasteiger partial charge in [0.15, 0.2) is 5.13 Å². The number of rotatable bonds is 6. The Morgan fingerprint density at radius 1 is 0.897 bits per heavy atom. The Balaban J connectivity index is 1.43. The van der Waals surface area contributed by atoms with Crippen LogP contribution in [0.15, 0.2) is 73.2 Å². The maximum absolute atomic E-state index is 12.4. The highest BCUT2D eigenvalue weighted by Crippen LogP contribution is 2.25. The number of nitrogen functional groups attached to an aromatic ring is 1. The lowest BCUT2D eigenvalue weighted by Gasteiger charge is -2.07. The van der Waals surface area contributed by atoms with Gasteiger partial charge in [-0.25, -0.2) is 15.0 Å². The van der Waals surface area contributed by atoms with Crippen molar-refractivity contribution in [1.82, 2.24) is 15.0 Å². The molecule has 0 aliphatic heterocycles. The SMILES string of the molecule is Nc1ccccc1NC(=O)c1cnc(Nc2cc(Nc3ccccc3)ncn2)s1. The normalized spacial score (nSPS) is 10.3. The summed E-state index contributed by atoms with van der Waals surface area (Å²) in [6.07, 6.45) is 2.96. The first-order valence-corrected chi connectivity index (χ1v) is 9.52. The predicted molar refractivity (Wildman–Crippen MR) is 116 cm³/mol. The van der Waals surface area contributed by atoms with E-state index < -0.39 is 0 Å². The molecule has 2 heterocycles. The van der Waals surface area contributed by atoms with Gasteiger partial charge in [-0.2, -0.15) is 0 Å². The molecule has 5 N–H and O–H groups in total. The molecule has 2 aromatic carbocycles. The minimum absolute atomic E-state index is 0.275. The summed E-state index contributed by atoms with van der Waals surface area (Å²) in [4.78, 5) is 25.5. The maximum Gasteiger partial charge on any atom is 0.267 e. The Kier molecular flexibility index (Phi) is 5.30. The van der Waals surface area contributed by atoms with Gasteiger partial charge >= 0.3 is 0 Å². The number of thiazole rings is 1. The van der Waals surface area contributed by atoms with Crippen LogP contribution < -0.4 is 21.7 Å². The van der Waals surface area contributed by atoms with Crippen LogP contribution in [0, 0.1) is 0 Å². The highest BCUT2D eigenvalue weighted by molar-refractivity contribution is 7.17. The summed E-state index contributed by atoms with van der Waals surface area (Å²) in [6, 6.07) is 18.6. The predicted octanol–water partition coefficient (Wildman–Crippen LogP) is 4.25. The van der Waals surface area contributed by atoms with E-state index >= 15 is 0 Å². The zero-order valence-electron chi connectivity index (χ0n) is 15.2. The molecule has 4 rings (SSSR count). The number of nitrogens with one attached hydrogen (secondary N) is 3. The molecule has 9 heteroatoms. The van der Waals surface area contributed by atoms with Crippen molar-refractivity contribution in [3.8, 4) is 0 Å². The fraction of sp³-hybridized carbons (Fsp3) is 0. The number of nitrogens with zero attached hydrogens (tertiary/aromatic N) is 3. The van der Waals surface area contributed by atoms with Crippen LogP contribution in [0.2, 0.25) is 0 Å². The first-order valence-electron chi connectivity index (χ1n) is 8.70. The molecule has 144 valence electrons. The first-order chi connectivity index (χ1) is 14.2. The molecule has 0 unspecified atom stereocenters. The van der Waals surface area contributed by atoms with Crippen LogP contribution >= 0.6 is 11.3 Å². The van der Waals surface area contributed by atoms with Crippen LogP contribution in [0.1, 0.15) is 9.67 Å². The van der Waals surface area contributed by atoms with Crippen LogP contribution in [-0.2, 0) is 0 Å². The largest absolute Gasteiger partial charge is 0.397 e. The second-order valence-electron chi connectivity index (χ2n) is 5.98. The molecule has 0 atom stereocenters. The van der Waals surface area contributed by atoms with Gasteiger partial charge in [0.05, 0.1) is 17.6 Å². The molecule has 0 aliphatic rings. The molecule has 29 heavy (non-hydrogen) atoms. The van der Waals surface area contributed by atoms with E-state index in [4.69, 9.17) is 5.73 Å². The Hall–Kier alpha value is -3.98. The van der Waals surface area contributed by atoms with Gasteiger partial charge in [-0.15, -0.1) is 0 Å². The zero-order valence-corrected chi connectivity index (χ0v) is 16.0. The average Bonchev–Trinajstić information content (AvgIpc) is 3.19. The van der Waals surface area contributed by atoms with Gasteiger partial charge in [0.1, 0.15) is 22.8 Å². The number of para-hydroxylation sites is 3. The summed E-state index contributed by atoms with van der Waals surface area (Å²) in [6.45, 7) is 0. The molecule has 0 saturated carbocycles. The van der Waals surface area contributed by atoms with Gasteiger partial charge in [-0.1, -0.05) is 41.7 Å². The van der Waals surface area contributed by atoms with E-state index in [1.54, 1.807) is 18.2 Å². The molecule has 1 amide bonds. The standard InChI is InChI=1S/C20H17N7OS/c21-14-8-4-5-9-15(14)26-19(28)16-11-22-20(29-16)27-18-10-17(23-12-24-18)25-13-6-2-1-3-7-13/h1-12H,21H2,(H,26,28)(H2,22,23,24,25,27). The van der Waals surface area contributed by atoms with Crippen molar-refractivity contribution in [1.29, 1.82) is 0 Å². The van der Waals surface area contributed by atoms with Crippen LogP contribution in [0.5, 0.6) is 0 Å². The third-order valence-electron chi connectivity index (χ3n) is 3.89. The third-order valence-corrected chi connectivity index (χ3v) is 4.80. The molecule has 0 saturated heterocycles. The highest BCUT2D eigenvalue weighted by atomic mass is 32.1. The number of aromatic nitrogens is 3. The van der Waals surface area contributed by atoms with Gasteiger partial charge in [-0.05, 0) is 24.3 Å². The van der Waals surface area contributed by atoms with Crippen molar-refractivity contribution in [2.75, 3.05) is 21.7 Å². The maximum atomic E-state index is 12.4. The lowest BCUT2D eigenvalue weighted by atomic mass is 10.2. The topological polar surface area (TPSA) is 118 Å². The molecule has 0 spiro atoms. The molecule has 0 radical (unpaired) electrons. The fourth-order valence-corrected chi connectivity index (χ4v) is 3.22. The summed E-state index contributed by atoms with van der Waals surface area (Å²) in [5.74, 6) is 0.928. The lowest BCUT2D eigenvalue weighted by Crippen LogP contribution is -2.11. The van der Waals surface area contributed by atoms with Gasteiger partial charge < -0.3 is 21.7 Å². The average molecular weight is 403 g/mol. The molecule has 4 aromatic rings. The van der Waals surface area contributed by atoms with Gasteiger partial charge in [0.2, 0.25) is 0 Å². The fourth-order valence-electron chi connectivity index (χ4n) is 2.50. The molecular weight excluding hydrogens is 386 g/mol. The van der Waals surface area contributed by atoms with Crippen LogP contribution in [-0.4, -0.2) is 20.9 Å². The number of carbonyl (C=O) groups excluding carboxylic acids is 1. The van der Waals surface area contributed by atoms with Crippen molar-refractivity contribution in [2.45, 2.75) is 0 Å². The molecule has 0 fully saturated rings. The summed E-state index contributed by atoms with van der Waals surface area (Å²) in [5, 5.41) is 9.62. The molecular formula is C20H17N7OS. The second kappa shape index (κ2) is 8.36. The Morgan fingerprint density at radius 3 is 2.41 bits per heavy atom. The Bertz CT molecular complexity index is 1130. The summed E-state index contributed by atoms with van der Waals surface area (Å²) >= 11 is 1.21. The number of carbonyl (C=O) groups is 1. The van der Waals surface area contributed by atoms with Crippen LogP contribution in [0.3, 0.4) is 0 Å². The lowest BCUT2D eigenvalue weighted by molar-refractivity contribution is 0.103. The van der Waals surface area contributed by atoms with Crippen molar-refractivity contribution >= 4 is 51.1 Å². The van der Waals surface area contributed by atoms with E-state index in [1.165, 1.54) is 23.9 Å². The number of amides is 1. The zero-order chi connectivity index (χ0) is 20.1. The van der Waals surface area contributed by atoms with E-state index in [1.807, 2.05) is 42.5 Å². The second-order valence-corrected chi connectivity index (χ2v) is 7.01. The number of anilines is 6. The number of nitrogens with two attached hydrogens (primary N) is 1. The van der Waals surface area contributed by atoms with Gasteiger partial charge in [0.25, 0.3) is 5.91 Å². The molecule has 8 nitrogen and oxygen atoms in total. The molecule has 0 bridgehead atoms. The molecule has 2 aromatic heterocycles.